The van der Waals surface area contributed by atoms with E-state index >= 15 is 0 Å². The summed E-state index contributed by atoms with van der Waals surface area (Å²) in [5, 5.41) is 0. The van der Waals surface area contributed by atoms with Crippen LogP contribution in [0.3, 0.4) is 0 Å². The molecular weight excluding hydrogens is 304 g/mol. The van der Waals surface area contributed by atoms with Crippen LogP contribution in [0.2, 0.25) is 0 Å². The molecule has 5 nitrogen and oxygen atoms in total. The van der Waals surface area contributed by atoms with Gasteiger partial charge in [0.2, 0.25) is 0 Å². The fraction of sp³-hybridized carbons (Fsp3) is 0.632. The number of amides is 1. The Kier molecular flexibility index (Phi) is 4.88. The maximum absolute atomic E-state index is 12.2. The van der Waals surface area contributed by atoms with Crippen LogP contribution in [0.1, 0.15) is 39.2 Å². The summed E-state index contributed by atoms with van der Waals surface area (Å²) in [6.07, 6.45) is 3.14. The second-order valence-electron chi connectivity index (χ2n) is 7.51. The van der Waals surface area contributed by atoms with Gasteiger partial charge >= 0.3 is 6.09 Å². The van der Waals surface area contributed by atoms with E-state index in [1.807, 2.05) is 20.8 Å². The Bertz CT molecular complexity index is 587. The van der Waals surface area contributed by atoms with E-state index < -0.39 is 5.60 Å². The highest BCUT2D eigenvalue weighted by Crippen LogP contribution is 2.33. The van der Waals surface area contributed by atoms with Crippen molar-refractivity contribution in [3.63, 3.8) is 0 Å². The largest absolute Gasteiger partial charge is 0.493 e. The van der Waals surface area contributed by atoms with Gasteiger partial charge in [-0.3, -0.25) is 0 Å². The van der Waals surface area contributed by atoms with Crippen molar-refractivity contribution in [3.05, 3.63) is 23.8 Å². The third-order valence-corrected chi connectivity index (χ3v) is 4.46. The number of carbonyl (C=O) groups is 1. The third kappa shape index (κ3) is 3.94. The highest BCUT2D eigenvalue weighted by molar-refractivity contribution is 5.69. The van der Waals surface area contributed by atoms with Crippen molar-refractivity contribution < 1.29 is 14.3 Å². The molecule has 2 aliphatic rings. The number of nitrogens with zero attached hydrogens (tertiary/aromatic N) is 2. The molecule has 1 fully saturated rings. The van der Waals surface area contributed by atoms with Crippen molar-refractivity contribution in [2.45, 2.75) is 45.6 Å². The lowest BCUT2D eigenvalue weighted by atomic mass is 10.0. The lowest BCUT2D eigenvalue weighted by molar-refractivity contribution is 0.0240. The van der Waals surface area contributed by atoms with Crippen molar-refractivity contribution in [1.29, 1.82) is 0 Å². The van der Waals surface area contributed by atoms with E-state index in [0.717, 1.165) is 38.3 Å². The summed E-state index contributed by atoms with van der Waals surface area (Å²) >= 11 is 0. The van der Waals surface area contributed by atoms with Crippen LogP contribution in [-0.4, -0.2) is 49.4 Å². The van der Waals surface area contributed by atoms with Crippen molar-refractivity contribution in [2.75, 3.05) is 37.7 Å². The Morgan fingerprint density at radius 1 is 1.12 bits per heavy atom. The maximum atomic E-state index is 12.2. The van der Waals surface area contributed by atoms with E-state index in [4.69, 9.17) is 9.47 Å². The topological polar surface area (TPSA) is 42.0 Å². The number of benzene rings is 1. The minimum Gasteiger partial charge on any atom is -0.493 e. The summed E-state index contributed by atoms with van der Waals surface area (Å²) in [6.45, 7) is 9.56. The summed E-state index contributed by atoms with van der Waals surface area (Å²) in [7, 11) is 0. The van der Waals surface area contributed by atoms with Gasteiger partial charge in [-0.1, -0.05) is 6.07 Å². The Morgan fingerprint density at radius 3 is 2.58 bits per heavy atom. The Balaban J connectivity index is 1.66. The zero-order chi connectivity index (χ0) is 17.2. The Hall–Kier alpha value is -1.91. The van der Waals surface area contributed by atoms with Gasteiger partial charge in [-0.15, -0.1) is 0 Å². The molecule has 1 aromatic carbocycles. The molecule has 0 N–H and O–H groups in total. The Morgan fingerprint density at radius 2 is 1.88 bits per heavy atom. The minimum atomic E-state index is -0.442. The zero-order valence-corrected chi connectivity index (χ0v) is 15.0. The molecule has 0 spiro atoms. The van der Waals surface area contributed by atoms with Crippen LogP contribution < -0.4 is 9.64 Å². The minimum absolute atomic E-state index is 0.211. The fourth-order valence-corrected chi connectivity index (χ4v) is 3.28. The first-order valence-electron chi connectivity index (χ1n) is 8.91. The highest BCUT2D eigenvalue weighted by Gasteiger charge is 2.27. The van der Waals surface area contributed by atoms with Crippen LogP contribution in [0, 0.1) is 0 Å². The van der Waals surface area contributed by atoms with Gasteiger partial charge in [-0.05, 0) is 52.2 Å². The molecule has 0 bridgehead atoms. The van der Waals surface area contributed by atoms with E-state index in [1.165, 1.54) is 17.7 Å². The van der Waals surface area contributed by atoms with Crippen LogP contribution in [0.25, 0.3) is 0 Å². The molecule has 1 amide bonds. The van der Waals surface area contributed by atoms with Crippen molar-refractivity contribution in [3.8, 4) is 5.75 Å². The monoisotopic (exact) mass is 332 g/mol. The Labute approximate surface area is 144 Å². The first kappa shape index (κ1) is 16.9. The van der Waals surface area contributed by atoms with E-state index in [2.05, 4.69) is 23.1 Å². The molecule has 132 valence electrons. The van der Waals surface area contributed by atoms with E-state index in [9.17, 15) is 4.79 Å². The maximum Gasteiger partial charge on any atom is 0.410 e. The number of hydrogen-bond donors (Lipinski definition) is 0. The van der Waals surface area contributed by atoms with Crippen molar-refractivity contribution >= 4 is 11.8 Å². The van der Waals surface area contributed by atoms with Crippen LogP contribution in [0.4, 0.5) is 10.5 Å². The predicted molar refractivity (Wildman–Crippen MR) is 94.9 cm³/mol. The van der Waals surface area contributed by atoms with E-state index in [-0.39, 0.29) is 6.09 Å². The standard InChI is InChI=1S/C19H28N2O3/c1-19(2,3)24-18(22)21-12-10-20(11-13-21)16-8-6-9-17-15(16)7-4-5-14-23-17/h6,8-9H,4-5,7,10-14H2,1-3H3. The van der Waals surface area contributed by atoms with Gasteiger partial charge < -0.3 is 19.3 Å². The van der Waals surface area contributed by atoms with E-state index in [0.29, 0.717) is 13.1 Å². The summed E-state index contributed by atoms with van der Waals surface area (Å²) in [4.78, 5) is 16.4. The number of rotatable bonds is 1. The molecule has 0 unspecified atom stereocenters. The van der Waals surface area contributed by atoms with Gasteiger partial charge in [0.05, 0.1) is 6.61 Å². The fourth-order valence-electron chi connectivity index (χ4n) is 3.28. The average Bonchev–Trinajstić information content (AvgIpc) is 2.78. The SMILES string of the molecule is CC(C)(C)OC(=O)N1CCN(c2cccc3c2CCCCO3)CC1. The molecule has 0 saturated carbocycles. The van der Waals surface area contributed by atoms with Gasteiger partial charge in [-0.25, -0.2) is 4.79 Å². The molecule has 2 heterocycles. The van der Waals surface area contributed by atoms with Crippen molar-refractivity contribution in [1.82, 2.24) is 4.90 Å². The summed E-state index contributed by atoms with van der Waals surface area (Å²) in [6, 6.07) is 6.32. The van der Waals surface area contributed by atoms with Crippen molar-refractivity contribution in [2.24, 2.45) is 0 Å². The zero-order valence-electron chi connectivity index (χ0n) is 15.0. The molecule has 0 aliphatic carbocycles. The molecule has 24 heavy (non-hydrogen) atoms. The number of hydrogen-bond acceptors (Lipinski definition) is 4. The second-order valence-corrected chi connectivity index (χ2v) is 7.51. The van der Waals surface area contributed by atoms with Gasteiger partial charge in [0.15, 0.2) is 0 Å². The number of anilines is 1. The van der Waals surface area contributed by atoms with Crippen LogP contribution in [0.15, 0.2) is 18.2 Å². The van der Waals surface area contributed by atoms with Crippen LogP contribution >= 0.6 is 0 Å². The lowest BCUT2D eigenvalue weighted by Crippen LogP contribution is -2.50. The third-order valence-electron chi connectivity index (χ3n) is 4.46. The number of ether oxygens (including phenoxy) is 2. The summed E-state index contributed by atoms with van der Waals surface area (Å²) in [5.74, 6) is 1.03. The first-order valence-corrected chi connectivity index (χ1v) is 8.91. The lowest BCUT2D eigenvalue weighted by Gasteiger charge is -2.37. The molecule has 1 aromatic rings. The van der Waals surface area contributed by atoms with E-state index in [1.54, 1.807) is 4.90 Å². The number of fused-ring (bicyclic) bond motifs is 1. The highest BCUT2D eigenvalue weighted by atomic mass is 16.6. The molecule has 1 saturated heterocycles. The normalized spacial score (nSPS) is 18.5. The van der Waals surface area contributed by atoms with Gasteiger partial charge in [0.25, 0.3) is 0 Å². The number of piperazine rings is 1. The molecule has 0 aromatic heterocycles. The smallest absolute Gasteiger partial charge is 0.410 e. The second kappa shape index (κ2) is 6.91. The van der Waals surface area contributed by atoms with Gasteiger partial charge in [0.1, 0.15) is 11.4 Å². The molecule has 3 rings (SSSR count). The van der Waals surface area contributed by atoms with Crippen LogP contribution in [-0.2, 0) is 11.2 Å². The van der Waals surface area contributed by atoms with Crippen LogP contribution in [0.5, 0.6) is 5.75 Å². The van der Waals surface area contributed by atoms with Gasteiger partial charge in [0, 0.05) is 37.4 Å². The molecular formula is C19H28N2O3. The molecule has 5 heteroatoms. The number of carbonyl (C=O) groups excluding carboxylic acids is 1. The average molecular weight is 332 g/mol. The quantitative estimate of drug-likeness (QED) is 0.790. The molecule has 0 radical (unpaired) electrons. The molecule has 0 atom stereocenters. The predicted octanol–water partition coefficient (Wildman–Crippen LogP) is 3.46. The summed E-state index contributed by atoms with van der Waals surface area (Å²) < 4.78 is 11.4. The summed E-state index contributed by atoms with van der Waals surface area (Å²) in [5.41, 5.74) is 2.14. The van der Waals surface area contributed by atoms with Gasteiger partial charge in [-0.2, -0.15) is 0 Å². The first-order chi connectivity index (χ1) is 11.4. The molecule has 2 aliphatic heterocycles.